The molecule has 2 nitrogen and oxygen atoms in total. The lowest BCUT2D eigenvalue weighted by atomic mass is 9.80. The molecule has 0 spiro atoms. The summed E-state index contributed by atoms with van der Waals surface area (Å²) in [4.78, 5) is 0. The third-order valence-electron chi connectivity index (χ3n) is 3.96. The van der Waals surface area contributed by atoms with Crippen molar-refractivity contribution in [1.29, 1.82) is 0 Å². The van der Waals surface area contributed by atoms with E-state index < -0.39 is 0 Å². The van der Waals surface area contributed by atoms with Gasteiger partial charge in [0.2, 0.25) is 0 Å². The van der Waals surface area contributed by atoms with Gasteiger partial charge in [-0.15, -0.1) is 0 Å². The third kappa shape index (κ3) is 3.46. The molecule has 0 aromatic heterocycles. The maximum Gasteiger partial charge on any atom is 0.0692 e. The molecule has 88 valence electrons. The highest BCUT2D eigenvalue weighted by molar-refractivity contribution is 4.85. The Bertz CT molecular complexity index is 193. The summed E-state index contributed by atoms with van der Waals surface area (Å²) in [6, 6.07) is 0.650. The monoisotopic (exact) mass is 211 g/mol. The molecule has 0 heterocycles. The summed E-state index contributed by atoms with van der Waals surface area (Å²) in [5.41, 5.74) is 0. The van der Waals surface area contributed by atoms with Gasteiger partial charge in [0.05, 0.1) is 6.10 Å². The zero-order valence-corrected chi connectivity index (χ0v) is 10.1. The van der Waals surface area contributed by atoms with Gasteiger partial charge in [-0.1, -0.05) is 13.8 Å². The fourth-order valence-corrected chi connectivity index (χ4v) is 3.05. The Balaban J connectivity index is 1.68. The predicted molar refractivity (Wildman–Crippen MR) is 62.7 cm³/mol. The van der Waals surface area contributed by atoms with Crippen LogP contribution in [-0.2, 0) is 0 Å². The van der Waals surface area contributed by atoms with E-state index in [-0.39, 0.29) is 6.10 Å². The summed E-state index contributed by atoms with van der Waals surface area (Å²) in [5, 5.41) is 13.3. The summed E-state index contributed by atoms with van der Waals surface area (Å²) < 4.78 is 0. The molecule has 15 heavy (non-hydrogen) atoms. The predicted octanol–water partition coefficient (Wildman–Crippen LogP) is 2.17. The van der Waals surface area contributed by atoms with E-state index in [0.717, 1.165) is 18.4 Å². The van der Waals surface area contributed by atoms with Gasteiger partial charge in [-0.05, 0) is 49.9 Å². The minimum Gasteiger partial charge on any atom is -0.392 e. The number of hydrogen-bond acceptors (Lipinski definition) is 2. The first-order valence-electron chi connectivity index (χ1n) is 6.56. The van der Waals surface area contributed by atoms with Crippen LogP contribution in [0, 0.1) is 17.8 Å². The van der Waals surface area contributed by atoms with Crippen molar-refractivity contribution < 1.29 is 5.11 Å². The topological polar surface area (TPSA) is 32.3 Å². The standard InChI is InChI=1S/C13H25NO/c1-9-5-10(2)7-12(6-9)14-8-13(15)11-3-4-11/h9-15H,3-8H2,1-2H3. The average Bonchev–Trinajstić information content (AvgIpc) is 2.95. The van der Waals surface area contributed by atoms with Gasteiger partial charge in [0.1, 0.15) is 0 Å². The van der Waals surface area contributed by atoms with Crippen LogP contribution in [0.15, 0.2) is 0 Å². The van der Waals surface area contributed by atoms with E-state index in [1.165, 1.54) is 32.1 Å². The molecule has 2 fully saturated rings. The van der Waals surface area contributed by atoms with Gasteiger partial charge < -0.3 is 10.4 Å². The van der Waals surface area contributed by atoms with E-state index >= 15 is 0 Å². The van der Waals surface area contributed by atoms with Crippen LogP contribution in [-0.4, -0.2) is 23.8 Å². The summed E-state index contributed by atoms with van der Waals surface area (Å²) >= 11 is 0. The van der Waals surface area contributed by atoms with Gasteiger partial charge in [-0.2, -0.15) is 0 Å². The molecule has 3 atom stereocenters. The summed E-state index contributed by atoms with van der Waals surface area (Å²) in [7, 11) is 0. The van der Waals surface area contributed by atoms with Crippen LogP contribution in [0.1, 0.15) is 46.0 Å². The second-order valence-corrected chi connectivity index (χ2v) is 5.93. The van der Waals surface area contributed by atoms with Crippen molar-refractivity contribution in [3.8, 4) is 0 Å². The van der Waals surface area contributed by atoms with Crippen molar-refractivity contribution in [2.24, 2.45) is 17.8 Å². The van der Waals surface area contributed by atoms with Crippen molar-refractivity contribution in [1.82, 2.24) is 5.32 Å². The molecule has 2 aliphatic carbocycles. The minimum atomic E-state index is -0.0856. The zero-order chi connectivity index (χ0) is 10.8. The number of aliphatic hydroxyl groups excluding tert-OH is 1. The van der Waals surface area contributed by atoms with Crippen molar-refractivity contribution in [2.75, 3.05) is 6.54 Å². The minimum absolute atomic E-state index is 0.0856. The Morgan fingerprint density at radius 2 is 1.73 bits per heavy atom. The quantitative estimate of drug-likeness (QED) is 0.747. The third-order valence-corrected chi connectivity index (χ3v) is 3.96. The zero-order valence-electron chi connectivity index (χ0n) is 10.1. The van der Waals surface area contributed by atoms with Gasteiger partial charge in [-0.25, -0.2) is 0 Å². The van der Waals surface area contributed by atoms with Crippen LogP contribution in [0.4, 0.5) is 0 Å². The molecule has 2 heteroatoms. The molecule has 2 aliphatic rings. The van der Waals surface area contributed by atoms with Gasteiger partial charge in [-0.3, -0.25) is 0 Å². The smallest absolute Gasteiger partial charge is 0.0692 e. The Labute approximate surface area is 93.5 Å². The molecule has 0 amide bonds. The molecule has 2 rings (SSSR count). The van der Waals surface area contributed by atoms with E-state index in [0.29, 0.717) is 12.0 Å². The molecular weight excluding hydrogens is 186 g/mol. The highest BCUT2D eigenvalue weighted by atomic mass is 16.3. The molecule has 0 radical (unpaired) electrons. The second kappa shape index (κ2) is 4.84. The summed E-state index contributed by atoms with van der Waals surface area (Å²) in [5.74, 6) is 2.31. The van der Waals surface area contributed by atoms with E-state index in [9.17, 15) is 5.11 Å². The fourth-order valence-electron chi connectivity index (χ4n) is 3.05. The number of aliphatic hydroxyl groups is 1. The SMILES string of the molecule is CC1CC(C)CC(NCC(O)C2CC2)C1. The normalized spacial score (nSPS) is 39.0. The van der Waals surface area contributed by atoms with Crippen LogP contribution >= 0.6 is 0 Å². The van der Waals surface area contributed by atoms with Gasteiger partial charge in [0.25, 0.3) is 0 Å². The largest absolute Gasteiger partial charge is 0.392 e. The van der Waals surface area contributed by atoms with Gasteiger partial charge in [0, 0.05) is 12.6 Å². The Kier molecular flexibility index (Phi) is 3.68. The molecule has 2 N–H and O–H groups in total. The average molecular weight is 211 g/mol. The lowest BCUT2D eigenvalue weighted by molar-refractivity contribution is 0.134. The molecule has 0 aliphatic heterocycles. The van der Waals surface area contributed by atoms with Crippen molar-refractivity contribution >= 4 is 0 Å². The number of nitrogens with one attached hydrogen (secondary N) is 1. The number of hydrogen-bond donors (Lipinski definition) is 2. The first kappa shape index (κ1) is 11.4. The van der Waals surface area contributed by atoms with E-state index in [1.54, 1.807) is 0 Å². The van der Waals surface area contributed by atoms with Crippen molar-refractivity contribution in [2.45, 2.75) is 58.1 Å². The van der Waals surface area contributed by atoms with E-state index in [2.05, 4.69) is 19.2 Å². The van der Waals surface area contributed by atoms with Crippen molar-refractivity contribution in [3.05, 3.63) is 0 Å². The first-order valence-corrected chi connectivity index (χ1v) is 6.56. The van der Waals surface area contributed by atoms with Crippen molar-refractivity contribution in [3.63, 3.8) is 0 Å². The molecule has 0 aromatic carbocycles. The second-order valence-electron chi connectivity index (χ2n) is 5.93. The van der Waals surface area contributed by atoms with Crippen LogP contribution in [0.3, 0.4) is 0 Å². The van der Waals surface area contributed by atoms with E-state index in [1.807, 2.05) is 0 Å². The van der Waals surface area contributed by atoms with Crippen LogP contribution in [0.25, 0.3) is 0 Å². The van der Waals surface area contributed by atoms with Crippen LogP contribution < -0.4 is 5.32 Å². The molecule has 0 bridgehead atoms. The molecule has 3 unspecified atom stereocenters. The molecule has 0 saturated heterocycles. The molecule has 2 saturated carbocycles. The number of rotatable bonds is 4. The Morgan fingerprint density at radius 3 is 2.27 bits per heavy atom. The first-order chi connectivity index (χ1) is 7.15. The maximum atomic E-state index is 9.79. The Hall–Kier alpha value is -0.0800. The summed E-state index contributed by atoms with van der Waals surface area (Å²) in [6.45, 7) is 5.51. The van der Waals surface area contributed by atoms with Crippen LogP contribution in [0.5, 0.6) is 0 Å². The lowest BCUT2D eigenvalue weighted by Crippen LogP contribution is -2.40. The molecule has 0 aromatic rings. The van der Waals surface area contributed by atoms with Gasteiger partial charge in [0.15, 0.2) is 0 Å². The highest BCUT2D eigenvalue weighted by Gasteiger charge is 2.30. The van der Waals surface area contributed by atoms with E-state index in [4.69, 9.17) is 0 Å². The Morgan fingerprint density at radius 1 is 1.13 bits per heavy atom. The van der Waals surface area contributed by atoms with Gasteiger partial charge >= 0.3 is 0 Å². The fraction of sp³-hybridized carbons (Fsp3) is 1.00. The van der Waals surface area contributed by atoms with Crippen LogP contribution in [0.2, 0.25) is 0 Å². The molecular formula is C13H25NO. The lowest BCUT2D eigenvalue weighted by Gasteiger charge is -2.32. The summed E-state index contributed by atoms with van der Waals surface area (Å²) in [6.07, 6.45) is 6.35. The maximum absolute atomic E-state index is 9.79. The highest BCUT2D eigenvalue weighted by Crippen LogP contribution is 2.33.